The summed E-state index contributed by atoms with van der Waals surface area (Å²) >= 11 is 0. The Morgan fingerprint density at radius 1 is 1.19 bits per heavy atom. The fourth-order valence-electron chi connectivity index (χ4n) is 2.02. The number of likely N-dealkylation sites (tertiary alicyclic amines) is 1. The molecular weight excluding hydrogens is 297 g/mol. The number of nitrogens with zero attached hydrogens (tertiary/aromatic N) is 1. The number of carbonyl (C=O) groups is 3. The number of piperidine rings is 1. The van der Waals surface area contributed by atoms with E-state index in [4.69, 9.17) is 10.2 Å². The minimum atomic E-state index is -4.31. The third-order valence-corrected chi connectivity index (χ3v) is 3.22. The van der Waals surface area contributed by atoms with Crippen LogP contribution in [0.25, 0.3) is 0 Å². The Labute approximate surface area is 117 Å². The van der Waals surface area contributed by atoms with Gasteiger partial charge in [0.1, 0.15) is 6.04 Å². The summed E-state index contributed by atoms with van der Waals surface area (Å²) < 4.78 is 37.4. The highest BCUT2D eigenvalue weighted by atomic mass is 19.4. The molecule has 120 valence electrons. The zero-order chi connectivity index (χ0) is 16.2. The molecule has 7 nitrogen and oxygen atoms in total. The molecule has 0 unspecified atom stereocenters. The molecule has 1 saturated heterocycles. The number of hydrogen-bond donors (Lipinski definition) is 3. The van der Waals surface area contributed by atoms with Gasteiger partial charge in [-0.2, -0.15) is 13.2 Å². The first-order valence-corrected chi connectivity index (χ1v) is 6.18. The number of halogens is 3. The number of alkyl halides is 3. The molecule has 1 aliphatic heterocycles. The summed E-state index contributed by atoms with van der Waals surface area (Å²) in [5, 5.41) is 19.3. The summed E-state index contributed by atoms with van der Waals surface area (Å²) in [6.45, 7) is -0.315. The monoisotopic (exact) mass is 312 g/mol. The smallest absolute Gasteiger partial charge is 0.391 e. The second-order valence-electron chi connectivity index (χ2n) is 4.74. The van der Waals surface area contributed by atoms with Crippen molar-refractivity contribution in [2.24, 2.45) is 5.92 Å². The van der Waals surface area contributed by atoms with E-state index in [2.05, 4.69) is 0 Å². The van der Waals surface area contributed by atoms with Gasteiger partial charge in [-0.15, -0.1) is 0 Å². The van der Waals surface area contributed by atoms with Crippen molar-refractivity contribution in [2.45, 2.75) is 31.5 Å². The number of carboxylic acid groups (broad SMARTS) is 2. The summed E-state index contributed by atoms with van der Waals surface area (Å²) in [6, 6.07) is -2.49. The lowest BCUT2D eigenvalue weighted by Crippen LogP contribution is -2.51. The Balaban J connectivity index is 2.53. The van der Waals surface area contributed by atoms with Crippen LogP contribution in [0.3, 0.4) is 0 Å². The van der Waals surface area contributed by atoms with E-state index >= 15 is 0 Å². The zero-order valence-electron chi connectivity index (χ0n) is 10.9. The average molecular weight is 312 g/mol. The first-order valence-electron chi connectivity index (χ1n) is 6.18. The molecule has 0 bridgehead atoms. The Morgan fingerprint density at radius 3 is 2.10 bits per heavy atom. The molecule has 0 aromatic heterocycles. The molecule has 1 rings (SSSR count). The predicted octanol–water partition coefficient (Wildman–Crippen LogP) is 0.898. The normalized spacial score (nSPS) is 18.1. The quantitative estimate of drug-likeness (QED) is 0.715. The second-order valence-corrected chi connectivity index (χ2v) is 4.74. The maximum absolute atomic E-state index is 12.5. The molecule has 2 amide bonds. The topological polar surface area (TPSA) is 107 Å². The van der Waals surface area contributed by atoms with E-state index in [1.165, 1.54) is 0 Å². The molecule has 0 spiro atoms. The fraction of sp³-hybridized carbons (Fsp3) is 0.727. The van der Waals surface area contributed by atoms with Gasteiger partial charge < -0.3 is 20.4 Å². The summed E-state index contributed by atoms with van der Waals surface area (Å²) in [4.78, 5) is 34.0. The van der Waals surface area contributed by atoms with Gasteiger partial charge in [0, 0.05) is 13.1 Å². The molecule has 0 aromatic rings. The number of urea groups is 1. The third kappa shape index (κ3) is 5.12. The molecule has 0 aromatic carbocycles. The minimum Gasteiger partial charge on any atom is -0.481 e. The highest BCUT2D eigenvalue weighted by molar-refractivity contribution is 5.86. The summed E-state index contributed by atoms with van der Waals surface area (Å²) in [6.07, 6.45) is -5.63. The molecule has 1 aliphatic rings. The number of rotatable bonds is 4. The van der Waals surface area contributed by atoms with Gasteiger partial charge in [0.25, 0.3) is 0 Å². The number of nitrogens with one attached hydrogen (secondary N) is 1. The molecule has 1 atom stereocenters. The van der Waals surface area contributed by atoms with Crippen molar-refractivity contribution in [3.05, 3.63) is 0 Å². The van der Waals surface area contributed by atoms with Gasteiger partial charge in [-0.1, -0.05) is 0 Å². The van der Waals surface area contributed by atoms with Gasteiger partial charge in [0.2, 0.25) is 0 Å². The number of amides is 2. The van der Waals surface area contributed by atoms with Crippen LogP contribution in [-0.2, 0) is 9.59 Å². The van der Waals surface area contributed by atoms with Crippen LogP contribution in [0.15, 0.2) is 0 Å². The second kappa shape index (κ2) is 6.64. The van der Waals surface area contributed by atoms with E-state index in [0.29, 0.717) is 0 Å². The van der Waals surface area contributed by atoms with Crippen molar-refractivity contribution < 1.29 is 37.8 Å². The molecule has 3 N–H and O–H groups in total. The van der Waals surface area contributed by atoms with Crippen LogP contribution in [0.4, 0.5) is 18.0 Å². The van der Waals surface area contributed by atoms with E-state index in [9.17, 15) is 27.6 Å². The predicted molar refractivity (Wildman–Crippen MR) is 62.6 cm³/mol. The van der Waals surface area contributed by atoms with Crippen LogP contribution in [0.2, 0.25) is 0 Å². The van der Waals surface area contributed by atoms with Crippen LogP contribution in [0.1, 0.15) is 19.3 Å². The van der Waals surface area contributed by atoms with Crippen molar-refractivity contribution in [1.29, 1.82) is 0 Å². The van der Waals surface area contributed by atoms with Gasteiger partial charge in [-0.25, -0.2) is 9.59 Å². The van der Waals surface area contributed by atoms with Crippen LogP contribution < -0.4 is 5.32 Å². The maximum atomic E-state index is 12.5. The first-order chi connectivity index (χ1) is 9.61. The first kappa shape index (κ1) is 17.1. The van der Waals surface area contributed by atoms with Crippen LogP contribution in [-0.4, -0.2) is 58.4 Å². The lowest BCUT2D eigenvalue weighted by atomic mass is 9.96. The Morgan fingerprint density at radius 2 is 1.71 bits per heavy atom. The standard InChI is InChI=1S/C11H15F3N2O5/c12-11(13,14)6-1-3-16(4-2-6)10(21)15-7(9(19)20)5-8(17)18/h6-7H,1-5H2,(H,15,21)(H,17,18)(H,19,20)/t7-/m0/s1. The van der Waals surface area contributed by atoms with E-state index in [1.54, 1.807) is 0 Å². The fourth-order valence-corrected chi connectivity index (χ4v) is 2.02. The van der Waals surface area contributed by atoms with Gasteiger partial charge in [0.15, 0.2) is 0 Å². The zero-order valence-corrected chi connectivity index (χ0v) is 10.9. The highest BCUT2D eigenvalue weighted by Gasteiger charge is 2.42. The molecule has 0 radical (unpaired) electrons. The van der Waals surface area contributed by atoms with E-state index in [-0.39, 0.29) is 25.9 Å². The van der Waals surface area contributed by atoms with Crippen LogP contribution >= 0.6 is 0 Å². The Hall–Kier alpha value is -2.00. The lowest BCUT2D eigenvalue weighted by molar-refractivity contribution is -0.183. The number of carbonyl (C=O) groups excluding carboxylic acids is 1. The van der Waals surface area contributed by atoms with E-state index in [0.717, 1.165) is 4.90 Å². The molecule has 1 heterocycles. The summed E-state index contributed by atoms with van der Waals surface area (Å²) in [5.74, 6) is -4.40. The third-order valence-electron chi connectivity index (χ3n) is 3.22. The van der Waals surface area contributed by atoms with Crippen molar-refractivity contribution in [3.8, 4) is 0 Å². The lowest BCUT2D eigenvalue weighted by Gasteiger charge is -2.33. The molecular formula is C11H15F3N2O5. The van der Waals surface area contributed by atoms with E-state index < -0.39 is 42.5 Å². The van der Waals surface area contributed by atoms with Crippen molar-refractivity contribution in [1.82, 2.24) is 10.2 Å². The van der Waals surface area contributed by atoms with Crippen molar-refractivity contribution in [2.75, 3.05) is 13.1 Å². The number of hydrogen-bond acceptors (Lipinski definition) is 3. The van der Waals surface area contributed by atoms with Gasteiger partial charge in [-0.05, 0) is 12.8 Å². The molecule has 10 heteroatoms. The molecule has 0 aliphatic carbocycles. The van der Waals surface area contributed by atoms with E-state index in [1.807, 2.05) is 5.32 Å². The number of aliphatic carboxylic acids is 2. The summed E-state index contributed by atoms with van der Waals surface area (Å²) in [5.41, 5.74) is 0. The molecule has 21 heavy (non-hydrogen) atoms. The van der Waals surface area contributed by atoms with Crippen LogP contribution in [0, 0.1) is 5.92 Å². The van der Waals surface area contributed by atoms with Gasteiger partial charge >= 0.3 is 24.1 Å². The Kier molecular flexibility index (Phi) is 5.39. The van der Waals surface area contributed by atoms with Crippen molar-refractivity contribution >= 4 is 18.0 Å². The molecule has 1 fully saturated rings. The average Bonchev–Trinajstić information content (AvgIpc) is 2.36. The largest absolute Gasteiger partial charge is 0.481 e. The minimum absolute atomic E-state index is 0.157. The summed E-state index contributed by atoms with van der Waals surface area (Å²) in [7, 11) is 0. The van der Waals surface area contributed by atoms with Crippen LogP contribution in [0.5, 0.6) is 0 Å². The SMILES string of the molecule is O=C(O)C[C@H](NC(=O)N1CCC(C(F)(F)F)CC1)C(=O)O. The van der Waals surface area contributed by atoms with Crippen molar-refractivity contribution in [3.63, 3.8) is 0 Å². The highest BCUT2D eigenvalue weighted by Crippen LogP contribution is 2.34. The van der Waals surface area contributed by atoms with Gasteiger partial charge in [0.05, 0.1) is 12.3 Å². The van der Waals surface area contributed by atoms with Gasteiger partial charge in [-0.3, -0.25) is 4.79 Å². The molecule has 0 saturated carbocycles. The maximum Gasteiger partial charge on any atom is 0.391 e. The number of carboxylic acids is 2. The Bertz CT molecular complexity index is 419.